The molecule has 1 fully saturated rings. The maximum Gasteiger partial charge on any atom is 0.119 e. The van der Waals surface area contributed by atoms with Gasteiger partial charge in [-0.25, -0.2) is 0 Å². The Hall–Kier alpha value is -0.980. The van der Waals surface area contributed by atoms with Crippen molar-refractivity contribution in [1.29, 1.82) is 0 Å². The van der Waals surface area contributed by atoms with E-state index in [2.05, 4.69) is 27.7 Å². The van der Waals surface area contributed by atoms with Gasteiger partial charge in [0.05, 0.1) is 7.11 Å². The largest absolute Gasteiger partial charge is 0.497 e. The first-order valence-electron chi connectivity index (χ1n) is 8.58. The third-order valence-electron chi connectivity index (χ3n) is 5.73. The van der Waals surface area contributed by atoms with E-state index < -0.39 is 0 Å². The van der Waals surface area contributed by atoms with Crippen molar-refractivity contribution in [3.05, 3.63) is 29.8 Å². The zero-order valence-electron chi connectivity index (χ0n) is 14.9. The number of aryl methyl sites for hydroxylation is 1. The highest BCUT2D eigenvalue weighted by Gasteiger charge is 2.38. The average Bonchev–Trinajstić information content (AvgIpc) is 2.50. The molecule has 0 amide bonds. The number of ether oxygens (including phenoxy) is 1. The Morgan fingerprint density at radius 3 is 2.38 bits per heavy atom. The van der Waals surface area contributed by atoms with E-state index in [0.717, 1.165) is 17.6 Å². The van der Waals surface area contributed by atoms with Gasteiger partial charge >= 0.3 is 0 Å². The molecule has 0 radical (unpaired) electrons. The Bertz CT molecular complexity index is 412. The van der Waals surface area contributed by atoms with Gasteiger partial charge in [-0.2, -0.15) is 0 Å². The molecule has 0 aromatic heterocycles. The molecule has 1 aliphatic carbocycles. The summed E-state index contributed by atoms with van der Waals surface area (Å²) in [4.78, 5) is 0. The van der Waals surface area contributed by atoms with Crippen LogP contribution in [0.2, 0.25) is 0 Å². The van der Waals surface area contributed by atoms with E-state index >= 15 is 0 Å². The fourth-order valence-electron chi connectivity index (χ4n) is 3.78. The Morgan fingerprint density at radius 1 is 1.24 bits per heavy atom. The van der Waals surface area contributed by atoms with E-state index in [-0.39, 0.29) is 0 Å². The monoisotopic (exact) mass is 290 g/mol. The SMILES string of the molecule is CC[C@@H]1CCC[C@@H](C)[C@]1(C)CC.COc1cccc(C)c1. The first-order valence-corrected chi connectivity index (χ1v) is 8.58. The fraction of sp³-hybridized carbons (Fsp3) is 0.700. The van der Waals surface area contributed by atoms with E-state index in [4.69, 9.17) is 4.74 Å². The third kappa shape index (κ3) is 4.76. The molecule has 0 aliphatic heterocycles. The summed E-state index contributed by atoms with van der Waals surface area (Å²) in [5.41, 5.74) is 1.88. The molecule has 3 atom stereocenters. The lowest BCUT2D eigenvalue weighted by Crippen LogP contribution is -2.36. The van der Waals surface area contributed by atoms with Gasteiger partial charge in [-0.15, -0.1) is 0 Å². The number of benzene rings is 1. The van der Waals surface area contributed by atoms with E-state index in [0.29, 0.717) is 5.41 Å². The van der Waals surface area contributed by atoms with Crippen LogP contribution in [0.25, 0.3) is 0 Å². The van der Waals surface area contributed by atoms with Crippen molar-refractivity contribution in [2.75, 3.05) is 7.11 Å². The standard InChI is InChI=1S/C12H24.C8H10O/c1-5-11-9-7-8-10(3)12(11,4)6-2;1-7-4-3-5-8(6-7)9-2/h10-11H,5-9H2,1-4H3;3-6H,1-2H3/t10-,11-,12+;/m1./s1. The molecular formula is C20H34O. The number of hydrogen-bond donors (Lipinski definition) is 0. The van der Waals surface area contributed by atoms with E-state index in [1.165, 1.54) is 37.7 Å². The van der Waals surface area contributed by atoms with Crippen molar-refractivity contribution in [2.24, 2.45) is 17.3 Å². The van der Waals surface area contributed by atoms with Gasteiger partial charge in [-0.3, -0.25) is 0 Å². The summed E-state index contributed by atoms with van der Waals surface area (Å²) in [5, 5.41) is 0. The van der Waals surface area contributed by atoms with Crippen LogP contribution in [-0.4, -0.2) is 7.11 Å². The molecule has 0 bridgehead atoms. The molecule has 21 heavy (non-hydrogen) atoms. The lowest BCUT2D eigenvalue weighted by molar-refractivity contribution is 0.0440. The summed E-state index contributed by atoms with van der Waals surface area (Å²) in [6.07, 6.45) is 7.16. The van der Waals surface area contributed by atoms with Crippen LogP contribution in [0.3, 0.4) is 0 Å². The molecule has 0 N–H and O–H groups in total. The number of methoxy groups -OCH3 is 1. The van der Waals surface area contributed by atoms with E-state index in [1.807, 2.05) is 31.2 Å². The van der Waals surface area contributed by atoms with Crippen LogP contribution in [0.1, 0.15) is 65.4 Å². The topological polar surface area (TPSA) is 9.23 Å². The predicted molar refractivity (Wildman–Crippen MR) is 92.9 cm³/mol. The Morgan fingerprint density at radius 2 is 1.95 bits per heavy atom. The zero-order chi connectivity index (χ0) is 15.9. The van der Waals surface area contributed by atoms with Gasteiger partial charge in [0.1, 0.15) is 5.75 Å². The molecule has 1 aliphatic rings. The summed E-state index contributed by atoms with van der Waals surface area (Å²) in [6, 6.07) is 7.96. The lowest BCUT2D eigenvalue weighted by atomic mass is 9.60. The molecule has 0 heterocycles. The molecule has 2 rings (SSSR count). The van der Waals surface area contributed by atoms with Gasteiger partial charge in [-0.05, 0) is 48.3 Å². The van der Waals surface area contributed by atoms with Crippen LogP contribution in [0, 0.1) is 24.2 Å². The second-order valence-corrected chi connectivity index (χ2v) is 6.82. The van der Waals surface area contributed by atoms with Gasteiger partial charge in [0.15, 0.2) is 0 Å². The van der Waals surface area contributed by atoms with Crippen LogP contribution in [-0.2, 0) is 0 Å². The van der Waals surface area contributed by atoms with Gasteiger partial charge in [0, 0.05) is 0 Å². The summed E-state index contributed by atoms with van der Waals surface area (Å²) < 4.78 is 5.00. The van der Waals surface area contributed by atoms with Crippen LogP contribution in [0.15, 0.2) is 24.3 Å². The van der Waals surface area contributed by atoms with Crippen molar-refractivity contribution >= 4 is 0 Å². The maximum atomic E-state index is 5.00. The smallest absolute Gasteiger partial charge is 0.119 e. The van der Waals surface area contributed by atoms with Gasteiger partial charge in [-0.1, -0.05) is 65.5 Å². The average molecular weight is 290 g/mol. The fourth-order valence-corrected chi connectivity index (χ4v) is 3.78. The van der Waals surface area contributed by atoms with Crippen molar-refractivity contribution < 1.29 is 4.74 Å². The van der Waals surface area contributed by atoms with Crippen LogP contribution < -0.4 is 4.74 Å². The minimum absolute atomic E-state index is 0.646. The minimum Gasteiger partial charge on any atom is -0.497 e. The Balaban J connectivity index is 0.000000219. The number of hydrogen-bond acceptors (Lipinski definition) is 1. The van der Waals surface area contributed by atoms with Gasteiger partial charge in [0.25, 0.3) is 0 Å². The quantitative estimate of drug-likeness (QED) is 0.639. The first kappa shape index (κ1) is 18.1. The maximum absolute atomic E-state index is 5.00. The molecular weight excluding hydrogens is 256 g/mol. The van der Waals surface area contributed by atoms with Crippen LogP contribution in [0.5, 0.6) is 5.75 Å². The summed E-state index contributed by atoms with van der Waals surface area (Å²) in [6.45, 7) is 11.7. The number of rotatable bonds is 3. The van der Waals surface area contributed by atoms with Gasteiger partial charge in [0.2, 0.25) is 0 Å². The van der Waals surface area contributed by atoms with Crippen molar-refractivity contribution in [3.63, 3.8) is 0 Å². The second kappa shape index (κ2) is 8.46. The van der Waals surface area contributed by atoms with Crippen molar-refractivity contribution in [1.82, 2.24) is 0 Å². The highest BCUT2D eigenvalue weighted by atomic mass is 16.5. The van der Waals surface area contributed by atoms with Gasteiger partial charge < -0.3 is 4.74 Å². The summed E-state index contributed by atoms with van der Waals surface area (Å²) in [5.74, 6) is 2.86. The molecule has 0 spiro atoms. The normalized spacial score (nSPS) is 28.5. The molecule has 1 aromatic rings. The molecule has 1 aromatic carbocycles. The predicted octanol–water partition coefficient (Wildman–Crippen LogP) is 6.25. The molecule has 120 valence electrons. The Labute approximate surface area is 132 Å². The van der Waals surface area contributed by atoms with Crippen molar-refractivity contribution in [3.8, 4) is 5.75 Å². The molecule has 1 heteroatoms. The molecule has 1 saturated carbocycles. The third-order valence-corrected chi connectivity index (χ3v) is 5.73. The first-order chi connectivity index (χ1) is 9.97. The molecule has 0 saturated heterocycles. The molecule has 1 nitrogen and oxygen atoms in total. The van der Waals surface area contributed by atoms with E-state index in [1.54, 1.807) is 7.11 Å². The Kier molecular flexibility index (Phi) is 7.28. The van der Waals surface area contributed by atoms with Crippen LogP contribution in [0.4, 0.5) is 0 Å². The minimum atomic E-state index is 0.646. The molecule has 0 unspecified atom stereocenters. The van der Waals surface area contributed by atoms with Crippen LogP contribution >= 0.6 is 0 Å². The van der Waals surface area contributed by atoms with Crippen molar-refractivity contribution in [2.45, 2.75) is 66.7 Å². The lowest BCUT2D eigenvalue weighted by Gasteiger charge is -2.46. The zero-order valence-corrected chi connectivity index (χ0v) is 14.9. The summed E-state index contributed by atoms with van der Waals surface area (Å²) in [7, 11) is 1.68. The highest BCUT2D eigenvalue weighted by Crippen LogP contribution is 2.48. The second-order valence-electron chi connectivity index (χ2n) is 6.82. The van der Waals surface area contributed by atoms with E-state index in [9.17, 15) is 0 Å². The highest BCUT2D eigenvalue weighted by molar-refractivity contribution is 5.27. The summed E-state index contributed by atoms with van der Waals surface area (Å²) >= 11 is 0.